The van der Waals surface area contributed by atoms with Crippen molar-refractivity contribution in [1.82, 2.24) is 15.2 Å². The number of aliphatic hydroxyl groups is 1. The number of amides is 2. The maximum absolute atomic E-state index is 13.0. The van der Waals surface area contributed by atoms with Gasteiger partial charge in [0.25, 0.3) is 11.8 Å². The summed E-state index contributed by atoms with van der Waals surface area (Å²) in [5.41, 5.74) is 11.4. The average molecular weight is 623 g/mol. The molecule has 1 fully saturated rings. The van der Waals surface area contributed by atoms with Gasteiger partial charge in [0.1, 0.15) is 33.0 Å². The number of aliphatic hydroxyl groups excluding tert-OH is 1. The van der Waals surface area contributed by atoms with Gasteiger partial charge < -0.3 is 37.5 Å². The largest absolute Gasteiger partial charge is 0.477 e. The summed E-state index contributed by atoms with van der Waals surface area (Å²) in [5, 5.41) is 36.2. The van der Waals surface area contributed by atoms with E-state index in [9.17, 15) is 24.7 Å². The molecule has 0 saturated carbocycles. The number of aliphatic carboxylic acids is 1. The van der Waals surface area contributed by atoms with E-state index in [0.29, 0.717) is 17.1 Å². The smallest absolute Gasteiger partial charge is 0.352 e. The van der Waals surface area contributed by atoms with Crippen molar-refractivity contribution >= 4 is 74.8 Å². The molecular weight excluding hydrogens is 598 g/mol. The number of rotatable bonds is 10. The number of fused-ring (bicyclic) bond motifs is 1. The summed E-state index contributed by atoms with van der Waals surface area (Å²) in [4.78, 5) is 47.2. The van der Waals surface area contributed by atoms with Gasteiger partial charge in [-0.25, -0.2) is 14.3 Å². The van der Waals surface area contributed by atoms with Crippen molar-refractivity contribution in [2.24, 2.45) is 15.9 Å². The van der Waals surface area contributed by atoms with Gasteiger partial charge in [-0.1, -0.05) is 28.1 Å². The number of anilines is 2. The number of nitrogen functional groups attached to an aromatic ring is 1. The fourth-order valence-corrected chi connectivity index (χ4v) is 6.35. The molecule has 0 bridgehead atoms. The van der Waals surface area contributed by atoms with Gasteiger partial charge in [0, 0.05) is 23.5 Å². The predicted molar refractivity (Wildman–Crippen MR) is 153 cm³/mol. The number of halogens is 1. The molecule has 15 nitrogen and oxygen atoms in total. The first-order valence-corrected chi connectivity index (χ1v) is 14.1. The zero-order valence-corrected chi connectivity index (χ0v) is 23.5. The molecule has 2 aliphatic heterocycles. The molecule has 4 heterocycles. The van der Waals surface area contributed by atoms with Crippen LogP contribution in [0, 0.1) is 0 Å². The van der Waals surface area contributed by atoms with Gasteiger partial charge in [0.2, 0.25) is 0 Å². The molecule has 2 atom stereocenters. The Morgan fingerprint density at radius 2 is 2.07 bits per heavy atom. The minimum Gasteiger partial charge on any atom is -0.477 e. The van der Waals surface area contributed by atoms with Crippen molar-refractivity contribution < 1.29 is 34.4 Å². The number of pyridine rings is 1. The Balaban J connectivity index is 1.47. The zero-order valence-electron chi connectivity index (χ0n) is 21.1. The Labute approximate surface area is 245 Å². The lowest BCUT2D eigenvalue weighted by Gasteiger charge is -2.49. The summed E-state index contributed by atoms with van der Waals surface area (Å²) < 4.78 is 1.79. The lowest BCUT2D eigenvalue weighted by atomic mass is 10.0. The average Bonchev–Trinajstić information content (AvgIpc) is 3.28. The number of thioether (sulfide) groups is 1. The Kier molecular flexibility index (Phi) is 9.43. The maximum Gasteiger partial charge on any atom is 0.352 e. The van der Waals surface area contributed by atoms with E-state index in [4.69, 9.17) is 28.2 Å². The van der Waals surface area contributed by atoms with Crippen LogP contribution in [0.4, 0.5) is 10.8 Å². The number of thiazole rings is 1. The lowest BCUT2D eigenvalue weighted by Crippen LogP contribution is -2.71. The van der Waals surface area contributed by atoms with E-state index in [-0.39, 0.29) is 46.3 Å². The second kappa shape index (κ2) is 13.0. The molecule has 1 saturated heterocycles. The molecule has 9 N–H and O–H groups in total. The highest BCUT2D eigenvalue weighted by atomic mass is 35.5. The Bertz CT molecular complexity index is 1470. The fourth-order valence-electron chi connectivity index (χ4n) is 4.09. The number of carboxylic acid groups (broad SMARTS) is 1. The van der Waals surface area contributed by atoms with E-state index >= 15 is 0 Å². The summed E-state index contributed by atoms with van der Waals surface area (Å²) in [5.74, 6) is -2.08. The summed E-state index contributed by atoms with van der Waals surface area (Å²) in [6.45, 7) is 0.289. The third kappa shape index (κ3) is 6.43. The van der Waals surface area contributed by atoms with Crippen LogP contribution in [0.15, 0.2) is 58.2 Å². The van der Waals surface area contributed by atoms with Crippen LogP contribution in [0.25, 0.3) is 0 Å². The number of hydrogen-bond donors (Lipinski definition) is 7. The van der Waals surface area contributed by atoms with Gasteiger partial charge in [0.05, 0.1) is 18.8 Å². The van der Waals surface area contributed by atoms with Crippen LogP contribution >= 0.6 is 34.7 Å². The second-order valence-corrected chi connectivity index (χ2v) is 11.2. The topological polar surface area (TPSA) is 233 Å². The summed E-state index contributed by atoms with van der Waals surface area (Å²) in [7, 11) is 0. The minimum atomic E-state index is -1.28. The van der Waals surface area contributed by atoms with Gasteiger partial charge in [-0.2, -0.15) is 0 Å². The number of carboxylic acids is 1. The standard InChI is InChI=1S/C23H24ClN9O6S2/c24-18-14(30-23(26)41-18)15(31-39)19(35)29-16-20(36)33-17(22(37)38)11(10-40-21(16)33)9-32-6-2-12(3-7-32)28-13(1-4-25)27-5-8-34/h1-4,6-7,16,21,34H,5,8-10H2,(H7,25,26,27,29,30,35,37,38,39)/p+1. The molecule has 2 aromatic heterocycles. The molecular formula is C23H25ClN9O6S2+. The first-order chi connectivity index (χ1) is 19.7. The van der Waals surface area contributed by atoms with Crippen molar-refractivity contribution in [3.8, 4) is 0 Å². The van der Waals surface area contributed by atoms with Crippen LogP contribution in [0.2, 0.25) is 4.34 Å². The number of β-lactam (4-membered cyclic amide) rings is 1. The molecule has 4 rings (SSSR count). The molecule has 2 aliphatic rings. The highest BCUT2D eigenvalue weighted by Crippen LogP contribution is 2.40. The van der Waals surface area contributed by atoms with Crippen molar-refractivity contribution in [2.75, 3.05) is 30.0 Å². The van der Waals surface area contributed by atoms with E-state index in [1.807, 2.05) is 0 Å². The third-order valence-electron chi connectivity index (χ3n) is 5.85. The Morgan fingerprint density at radius 1 is 1.34 bits per heavy atom. The van der Waals surface area contributed by atoms with E-state index in [1.54, 1.807) is 35.2 Å². The zero-order chi connectivity index (χ0) is 29.7. The van der Waals surface area contributed by atoms with Crippen LogP contribution in [-0.2, 0) is 20.9 Å². The highest BCUT2D eigenvalue weighted by Gasteiger charge is 2.54. The van der Waals surface area contributed by atoms with Crippen LogP contribution in [0.5, 0.6) is 0 Å². The van der Waals surface area contributed by atoms with Gasteiger partial charge in [0.15, 0.2) is 29.8 Å². The molecule has 41 heavy (non-hydrogen) atoms. The number of aromatic nitrogens is 2. The van der Waals surface area contributed by atoms with Crippen LogP contribution in [0.3, 0.4) is 0 Å². The molecule has 0 spiro atoms. The Hall–Kier alpha value is -4.19. The molecule has 0 aliphatic carbocycles. The number of nitrogens with one attached hydrogen (secondary N) is 2. The van der Waals surface area contributed by atoms with E-state index in [0.717, 1.165) is 16.2 Å². The first-order valence-electron chi connectivity index (χ1n) is 11.8. The van der Waals surface area contributed by atoms with Gasteiger partial charge in [-0.15, -0.1) is 11.8 Å². The van der Waals surface area contributed by atoms with Crippen LogP contribution in [0.1, 0.15) is 5.69 Å². The normalized spacial score (nSPS) is 19.3. The fraction of sp³-hybridized carbons (Fsp3) is 0.261. The number of hydrogen-bond acceptors (Lipinski definition) is 12. The molecule has 216 valence electrons. The summed E-state index contributed by atoms with van der Waals surface area (Å²) in [6.07, 6.45) is 6.33. The van der Waals surface area contributed by atoms with Gasteiger partial charge in [-0.05, 0) is 12.3 Å². The number of nitrogens with zero attached hydrogens (tertiary/aromatic N) is 5. The monoisotopic (exact) mass is 622 g/mol. The molecule has 2 amide bonds. The first kappa shape index (κ1) is 29.8. The molecule has 2 aromatic rings. The van der Waals surface area contributed by atoms with Crippen LogP contribution in [-0.4, -0.2) is 85.0 Å². The van der Waals surface area contributed by atoms with Gasteiger partial charge >= 0.3 is 5.97 Å². The van der Waals surface area contributed by atoms with E-state index in [1.165, 1.54) is 18.0 Å². The quantitative estimate of drug-likeness (QED) is 0.0448. The lowest BCUT2D eigenvalue weighted by molar-refractivity contribution is -0.688. The van der Waals surface area contributed by atoms with E-state index < -0.39 is 34.9 Å². The van der Waals surface area contributed by atoms with Crippen molar-refractivity contribution in [3.05, 3.63) is 58.1 Å². The number of oxime groups is 1. The maximum atomic E-state index is 13.0. The number of carbonyl (C=O) groups excluding carboxylic acids is 2. The van der Waals surface area contributed by atoms with Crippen LogP contribution < -0.4 is 26.7 Å². The molecule has 0 aromatic carbocycles. The van der Waals surface area contributed by atoms with Crippen molar-refractivity contribution in [2.45, 2.75) is 18.0 Å². The number of carbonyl (C=O) groups is 3. The number of aliphatic imine (C=N–C) groups is 1. The van der Waals surface area contributed by atoms with Crippen molar-refractivity contribution in [1.29, 1.82) is 0 Å². The predicted octanol–water partition coefficient (Wildman–Crippen LogP) is -0.442. The summed E-state index contributed by atoms with van der Waals surface area (Å²) in [6, 6.07) is 2.44. The summed E-state index contributed by atoms with van der Waals surface area (Å²) >= 11 is 8.18. The van der Waals surface area contributed by atoms with Crippen molar-refractivity contribution in [3.63, 3.8) is 0 Å². The van der Waals surface area contributed by atoms with E-state index in [2.05, 4.69) is 25.8 Å². The number of nitrogens with two attached hydrogens (primary N) is 2. The number of amidine groups is 1. The molecule has 18 heteroatoms. The Morgan fingerprint density at radius 3 is 2.66 bits per heavy atom. The SMILES string of the molecule is NC=CC(=NCCO)Nc1cc[n+](CC2=C(C(=O)O)N3C(=O)C(NC(=O)/C(=N\O)c4nc(N)sc4Cl)C3SC2)cc1. The minimum absolute atomic E-state index is 0.0313. The second-order valence-electron chi connectivity index (χ2n) is 8.48. The third-order valence-corrected chi connectivity index (χ3v) is 8.27. The molecule has 2 unspecified atom stereocenters. The molecule has 0 radical (unpaired) electrons. The highest BCUT2D eigenvalue weighted by molar-refractivity contribution is 8.00. The van der Waals surface area contributed by atoms with Gasteiger partial charge in [-0.3, -0.25) is 19.5 Å².